The highest BCUT2D eigenvalue weighted by molar-refractivity contribution is 7.20. The third kappa shape index (κ3) is 2.46. The summed E-state index contributed by atoms with van der Waals surface area (Å²) in [5, 5.41) is 8.83. The number of nitrogens with one attached hydrogen (secondary N) is 1. The highest BCUT2D eigenvalue weighted by atomic mass is 32.1. The van der Waals surface area contributed by atoms with Crippen molar-refractivity contribution >= 4 is 21.6 Å². The first-order valence-corrected chi connectivity index (χ1v) is 7.71. The zero-order chi connectivity index (χ0) is 13.9. The molecule has 3 rings (SSSR count). The van der Waals surface area contributed by atoms with Crippen molar-refractivity contribution in [2.24, 2.45) is 0 Å². The zero-order valence-electron chi connectivity index (χ0n) is 11.8. The molecule has 0 unspecified atom stereocenters. The van der Waals surface area contributed by atoms with Crippen LogP contribution >= 0.6 is 11.3 Å². The Balaban J connectivity index is 1.90. The molecule has 0 bridgehead atoms. The lowest BCUT2D eigenvalue weighted by molar-refractivity contribution is 0.672. The Labute approximate surface area is 122 Å². The molecule has 0 aliphatic heterocycles. The first-order chi connectivity index (χ1) is 9.79. The predicted molar refractivity (Wildman–Crippen MR) is 83.5 cm³/mol. The van der Waals surface area contributed by atoms with E-state index in [1.807, 2.05) is 29.1 Å². The molecule has 0 spiro atoms. The van der Waals surface area contributed by atoms with Crippen LogP contribution in [0.4, 0.5) is 0 Å². The van der Waals surface area contributed by atoms with Crippen molar-refractivity contribution in [3.8, 4) is 5.13 Å². The Hall–Kier alpha value is -1.72. The van der Waals surface area contributed by atoms with Crippen LogP contribution in [0.1, 0.15) is 24.6 Å². The van der Waals surface area contributed by atoms with E-state index in [-0.39, 0.29) is 0 Å². The Bertz CT molecular complexity index is 681. The third-order valence-electron chi connectivity index (χ3n) is 3.32. The maximum atomic E-state index is 4.65. The molecular formula is C15H18N4S. The van der Waals surface area contributed by atoms with E-state index in [0.717, 1.165) is 35.9 Å². The number of para-hydroxylation sites is 1. The Morgan fingerprint density at radius 3 is 2.95 bits per heavy atom. The topological polar surface area (TPSA) is 42.7 Å². The number of fused-ring (bicyclic) bond motifs is 1. The maximum Gasteiger partial charge on any atom is 0.211 e. The van der Waals surface area contributed by atoms with E-state index >= 15 is 0 Å². The van der Waals surface area contributed by atoms with Crippen LogP contribution in [0.25, 0.3) is 15.3 Å². The van der Waals surface area contributed by atoms with Crippen LogP contribution in [0.15, 0.2) is 30.5 Å². The molecule has 4 nitrogen and oxygen atoms in total. The van der Waals surface area contributed by atoms with Crippen LogP contribution in [0.5, 0.6) is 0 Å². The second kappa shape index (κ2) is 5.73. The molecule has 0 aliphatic carbocycles. The first kappa shape index (κ1) is 13.3. The molecule has 20 heavy (non-hydrogen) atoms. The smallest absolute Gasteiger partial charge is 0.211 e. The molecule has 0 aliphatic rings. The van der Waals surface area contributed by atoms with E-state index in [1.54, 1.807) is 11.3 Å². The summed E-state index contributed by atoms with van der Waals surface area (Å²) in [6.45, 7) is 6.17. The van der Waals surface area contributed by atoms with Crippen molar-refractivity contribution in [1.29, 1.82) is 0 Å². The van der Waals surface area contributed by atoms with Crippen molar-refractivity contribution in [3.05, 3.63) is 41.7 Å². The SMILES string of the molecule is CCCNCc1cnn(-c2nc3ccccc3s2)c1C. The molecular weight excluding hydrogens is 268 g/mol. The molecule has 3 aromatic rings. The van der Waals surface area contributed by atoms with E-state index < -0.39 is 0 Å². The third-order valence-corrected chi connectivity index (χ3v) is 4.33. The summed E-state index contributed by atoms with van der Waals surface area (Å²) in [5.41, 5.74) is 3.43. The van der Waals surface area contributed by atoms with Gasteiger partial charge in [-0.1, -0.05) is 30.4 Å². The lowest BCUT2D eigenvalue weighted by Gasteiger charge is -2.03. The monoisotopic (exact) mass is 286 g/mol. The van der Waals surface area contributed by atoms with Gasteiger partial charge in [-0.25, -0.2) is 9.67 Å². The molecule has 1 N–H and O–H groups in total. The molecule has 104 valence electrons. The summed E-state index contributed by atoms with van der Waals surface area (Å²) in [7, 11) is 0. The van der Waals surface area contributed by atoms with Crippen LogP contribution < -0.4 is 5.32 Å². The summed E-state index contributed by atoms with van der Waals surface area (Å²) in [6.07, 6.45) is 3.08. The Morgan fingerprint density at radius 1 is 1.30 bits per heavy atom. The van der Waals surface area contributed by atoms with Crippen molar-refractivity contribution in [3.63, 3.8) is 0 Å². The van der Waals surface area contributed by atoms with Gasteiger partial charge in [0.2, 0.25) is 5.13 Å². The number of hydrogen-bond acceptors (Lipinski definition) is 4. The number of nitrogens with zero attached hydrogens (tertiary/aromatic N) is 3. The minimum atomic E-state index is 0.866. The molecule has 0 radical (unpaired) electrons. The highest BCUT2D eigenvalue weighted by Gasteiger charge is 2.11. The van der Waals surface area contributed by atoms with Gasteiger partial charge in [-0.05, 0) is 32.0 Å². The number of aromatic nitrogens is 3. The lowest BCUT2D eigenvalue weighted by Crippen LogP contribution is -2.14. The van der Waals surface area contributed by atoms with Crippen molar-refractivity contribution in [2.75, 3.05) is 6.54 Å². The molecule has 2 heterocycles. The van der Waals surface area contributed by atoms with Gasteiger partial charge in [0.05, 0.1) is 16.4 Å². The fourth-order valence-electron chi connectivity index (χ4n) is 2.16. The largest absolute Gasteiger partial charge is 0.313 e. The van der Waals surface area contributed by atoms with E-state index in [0.29, 0.717) is 0 Å². The fourth-order valence-corrected chi connectivity index (χ4v) is 3.14. The van der Waals surface area contributed by atoms with E-state index in [1.165, 1.54) is 10.3 Å². The van der Waals surface area contributed by atoms with Gasteiger partial charge in [-0.3, -0.25) is 0 Å². The molecule has 0 atom stereocenters. The maximum absolute atomic E-state index is 4.65. The van der Waals surface area contributed by atoms with Crippen LogP contribution in [0.3, 0.4) is 0 Å². The number of thiazole rings is 1. The average molecular weight is 286 g/mol. The van der Waals surface area contributed by atoms with Gasteiger partial charge >= 0.3 is 0 Å². The molecule has 0 saturated heterocycles. The van der Waals surface area contributed by atoms with Crippen LogP contribution in [-0.4, -0.2) is 21.3 Å². The molecule has 0 fully saturated rings. The average Bonchev–Trinajstić information content (AvgIpc) is 3.03. The van der Waals surface area contributed by atoms with Gasteiger partial charge in [0.1, 0.15) is 0 Å². The van der Waals surface area contributed by atoms with Gasteiger partial charge in [-0.15, -0.1) is 0 Å². The predicted octanol–water partition coefficient (Wildman–Crippen LogP) is 3.29. The van der Waals surface area contributed by atoms with E-state index in [2.05, 4.69) is 35.3 Å². The minimum absolute atomic E-state index is 0.866. The normalized spacial score (nSPS) is 11.3. The van der Waals surface area contributed by atoms with Crippen molar-refractivity contribution in [1.82, 2.24) is 20.1 Å². The van der Waals surface area contributed by atoms with Gasteiger partial charge in [0.15, 0.2) is 0 Å². The van der Waals surface area contributed by atoms with Crippen LogP contribution in [-0.2, 0) is 6.54 Å². The number of hydrogen-bond donors (Lipinski definition) is 1. The van der Waals surface area contributed by atoms with Gasteiger partial charge in [-0.2, -0.15) is 5.10 Å². The lowest BCUT2D eigenvalue weighted by atomic mass is 10.2. The van der Waals surface area contributed by atoms with Gasteiger partial charge < -0.3 is 5.32 Å². The standard InChI is InChI=1S/C15H18N4S/c1-3-8-16-9-12-10-17-19(11(12)2)15-18-13-6-4-5-7-14(13)20-15/h4-7,10,16H,3,8-9H2,1-2H3. The van der Waals surface area contributed by atoms with Gasteiger partial charge in [0.25, 0.3) is 0 Å². The summed E-state index contributed by atoms with van der Waals surface area (Å²) >= 11 is 1.68. The van der Waals surface area contributed by atoms with Crippen LogP contribution in [0.2, 0.25) is 0 Å². The summed E-state index contributed by atoms with van der Waals surface area (Å²) in [6, 6.07) is 8.19. The van der Waals surface area contributed by atoms with Crippen molar-refractivity contribution < 1.29 is 0 Å². The number of rotatable bonds is 5. The minimum Gasteiger partial charge on any atom is -0.313 e. The zero-order valence-corrected chi connectivity index (χ0v) is 12.6. The molecule has 0 amide bonds. The first-order valence-electron chi connectivity index (χ1n) is 6.89. The van der Waals surface area contributed by atoms with Crippen molar-refractivity contribution in [2.45, 2.75) is 26.8 Å². The van der Waals surface area contributed by atoms with Crippen LogP contribution in [0, 0.1) is 6.92 Å². The molecule has 2 aromatic heterocycles. The molecule has 1 aromatic carbocycles. The van der Waals surface area contributed by atoms with E-state index in [9.17, 15) is 0 Å². The molecule has 5 heteroatoms. The van der Waals surface area contributed by atoms with Gasteiger partial charge in [0, 0.05) is 17.8 Å². The number of benzene rings is 1. The summed E-state index contributed by atoms with van der Waals surface area (Å²) in [4.78, 5) is 4.65. The highest BCUT2D eigenvalue weighted by Crippen LogP contribution is 2.25. The van der Waals surface area contributed by atoms with E-state index in [4.69, 9.17) is 0 Å². The second-order valence-corrected chi connectivity index (χ2v) is 5.82. The quantitative estimate of drug-likeness (QED) is 0.732. The Kier molecular flexibility index (Phi) is 3.80. The fraction of sp³-hybridized carbons (Fsp3) is 0.333. The summed E-state index contributed by atoms with van der Waals surface area (Å²) in [5.74, 6) is 0. The Morgan fingerprint density at radius 2 is 2.15 bits per heavy atom. The summed E-state index contributed by atoms with van der Waals surface area (Å²) < 4.78 is 3.14. The molecule has 0 saturated carbocycles. The second-order valence-electron chi connectivity index (χ2n) is 4.81.